The summed E-state index contributed by atoms with van der Waals surface area (Å²) in [6.07, 6.45) is 2.97. The monoisotopic (exact) mass is 184 g/mol. The molecule has 0 spiro atoms. The van der Waals surface area contributed by atoms with Gasteiger partial charge in [-0.2, -0.15) is 0 Å². The van der Waals surface area contributed by atoms with Gasteiger partial charge in [0.2, 0.25) is 0 Å². The van der Waals surface area contributed by atoms with Crippen molar-refractivity contribution in [2.45, 2.75) is 26.7 Å². The first-order valence-corrected chi connectivity index (χ1v) is 4.52. The largest absolute Gasteiger partial charge is 0.207 e. The van der Waals surface area contributed by atoms with Gasteiger partial charge in [-0.25, -0.2) is 8.78 Å². The fourth-order valence-electron chi connectivity index (χ4n) is 0.748. The molecule has 0 N–H and O–H groups in total. The Balaban J connectivity index is 0.000000175. The molecule has 0 aliphatic heterocycles. The standard InChI is InChI=1S/C7H6F2.C4H8/c1-5-6(8)3-2-4-7(5)9;1-4-2-3-4/h2-4H,1H3;4H,2-3H2,1H3. The van der Waals surface area contributed by atoms with Crippen LogP contribution in [0.1, 0.15) is 25.3 Å². The summed E-state index contributed by atoms with van der Waals surface area (Å²) in [5, 5.41) is 0. The van der Waals surface area contributed by atoms with Crippen molar-refractivity contribution in [3.05, 3.63) is 35.4 Å². The molecule has 1 saturated carbocycles. The van der Waals surface area contributed by atoms with Crippen LogP contribution in [0.25, 0.3) is 0 Å². The van der Waals surface area contributed by atoms with Gasteiger partial charge in [-0.3, -0.25) is 0 Å². The van der Waals surface area contributed by atoms with Crippen molar-refractivity contribution in [3.8, 4) is 0 Å². The van der Waals surface area contributed by atoms with Gasteiger partial charge in [0.25, 0.3) is 0 Å². The molecular weight excluding hydrogens is 170 g/mol. The van der Waals surface area contributed by atoms with Crippen LogP contribution in [0.5, 0.6) is 0 Å². The first-order valence-electron chi connectivity index (χ1n) is 4.52. The third-order valence-electron chi connectivity index (χ3n) is 2.07. The van der Waals surface area contributed by atoms with E-state index in [9.17, 15) is 8.78 Å². The van der Waals surface area contributed by atoms with Crippen molar-refractivity contribution in [2.24, 2.45) is 5.92 Å². The molecule has 0 bridgehead atoms. The summed E-state index contributed by atoms with van der Waals surface area (Å²) in [7, 11) is 0. The van der Waals surface area contributed by atoms with Crippen LogP contribution in [0.4, 0.5) is 8.78 Å². The molecule has 1 aromatic rings. The summed E-state index contributed by atoms with van der Waals surface area (Å²) in [5.41, 5.74) is 0.0810. The molecule has 0 aromatic heterocycles. The highest BCUT2D eigenvalue weighted by atomic mass is 19.1. The highest BCUT2D eigenvalue weighted by Crippen LogP contribution is 2.26. The minimum Gasteiger partial charge on any atom is -0.207 e. The van der Waals surface area contributed by atoms with E-state index in [4.69, 9.17) is 0 Å². The van der Waals surface area contributed by atoms with Crippen molar-refractivity contribution in [3.63, 3.8) is 0 Å². The predicted molar refractivity (Wildman–Crippen MR) is 49.5 cm³/mol. The fraction of sp³-hybridized carbons (Fsp3) is 0.455. The number of rotatable bonds is 0. The van der Waals surface area contributed by atoms with Gasteiger partial charge in [0.15, 0.2) is 0 Å². The van der Waals surface area contributed by atoms with Crippen LogP contribution in [0.3, 0.4) is 0 Å². The van der Waals surface area contributed by atoms with Crippen molar-refractivity contribution < 1.29 is 8.78 Å². The van der Waals surface area contributed by atoms with Gasteiger partial charge in [-0.05, 0) is 25.0 Å². The van der Waals surface area contributed by atoms with E-state index < -0.39 is 11.6 Å². The topological polar surface area (TPSA) is 0 Å². The van der Waals surface area contributed by atoms with Crippen LogP contribution in [0.15, 0.2) is 18.2 Å². The molecule has 0 radical (unpaired) electrons. The molecule has 0 unspecified atom stereocenters. The van der Waals surface area contributed by atoms with Crippen LogP contribution in [0, 0.1) is 24.5 Å². The zero-order chi connectivity index (χ0) is 9.84. The Morgan fingerprint density at radius 1 is 1.15 bits per heavy atom. The second-order valence-corrected chi connectivity index (χ2v) is 3.53. The van der Waals surface area contributed by atoms with Gasteiger partial charge in [-0.15, -0.1) is 0 Å². The van der Waals surface area contributed by atoms with Crippen LogP contribution in [0.2, 0.25) is 0 Å². The molecule has 0 amide bonds. The smallest absolute Gasteiger partial charge is 0.129 e. The molecule has 1 aliphatic rings. The van der Waals surface area contributed by atoms with Crippen molar-refractivity contribution >= 4 is 0 Å². The Hall–Kier alpha value is -0.920. The third-order valence-corrected chi connectivity index (χ3v) is 2.07. The van der Waals surface area contributed by atoms with Gasteiger partial charge in [-0.1, -0.05) is 25.8 Å². The van der Waals surface area contributed by atoms with E-state index in [2.05, 4.69) is 6.92 Å². The van der Waals surface area contributed by atoms with Crippen molar-refractivity contribution in [1.82, 2.24) is 0 Å². The van der Waals surface area contributed by atoms with E-state index in [1.165, 1.54) is 38.0 Å². The summed E-state index contributed by atoms with van der Waals surface area (Å²) < 4.78 is 24.7. The Labute approximate surface area is 77.6 Å². The lowest BCUT2D eigenvalue weighted by atomic mass is 10.2. The second kappa shape index (κ2) is 4.35. The maximum atomic E-state index is 12.3. The average Bonchev–Trinajstić information content (AvgIpc) is 2.84. The number of hydrogen-bond donors (Lipinski definition) is 0. The molecule has 2 rings (SSSR count). The van der Waals surface area contributed by atoms with Gasteiger partial charge in [0, 0.05) is 5.56 Å². The van der Waals surface area contributed by atoms with Crippen LogP contribution < -0.4 is 0 Å². The van der Waals surface area contributed by atoms with E-state index in [-0.39, 0.29) is 5.56 Å². The molecule has 0 saturated heterocycles. The van der Waals surface area contributed by atoms with E-state index in [0.29, 0.717) is 0 Å². The Morgan fingerprint density at radius 3 is 1.77 bits per heavy atom. The molecule has 0 heterocycles. The first-order chi connectivity index (χ1) is 6.11. The summed E-state index contributed by atoms with van der Waals surface area (Å²) in [4.78, 5) is 0. The maximum Gasteiger partial charge on any atom is 0.129 e. The Morgan fingerprint density at radius 2 is 1.54 bits per heavy atom. The molecule has 2 heteroatoms. The van der Waals surface area contributed by atoms with Crippen molar-refractivity contribution in [2.75, 3.05) is 0 Å². The lowest BCUT2D eigenvalue weighted by molar-refractivity contribution is 0.568. The molecule has 13 heavy (non-hydrogen) atoms. The second-order valence-electron chi connectivity index (χ2n) is 3.53. The summed E-state index contributed by atoms with van der Waals surface area (Å²) in [5.74, 6) is 0.102. The van der Waals surface area contributed by atoms with E-state index >= 15 is 0 Å². The van der Waals surface area contributed by atoms with Gasteiger partial charge in [0.1, 0.15) is 11.6 Å². The highest BCUT2D eigenvalue weighted by Gasteiger charge is 2.12. The lowest BCUT2D eigenvalue weighted by Gasteiger charge is -1.94. The third kappa shape index (κ3) is 3.53. The molecule has 0 atom stereocenters. The van der Waals surface area contributed by atoms with Gasteiger partial charge in [0.05, 0.1) is 0 Å². The molecule has 0 nitrogen and oxygen atoms in total. The average molecular weight is 184 g/mol. The molecule has 1 aromatic carbocycles. The van der Waals surface area contributed by atoms with E-state index in [1.807, 2.05) is 0 Å². The number of halogens is 2. The Bertz CT molecular complexity index is 257. The number of hydrogen-bond acceptors (Lipinski definition) is 0. The predicted octanol–water partition coefficient (Wildman–Crippen LogP) is 3.69. The Kier molecular flexibility index (Phi) is 3.40. The van der Waals surface area contributed by atoms with Crippen LogP contribution in [-0.4, -0.2) is 0 Å². The summed E-state index contributed by atoms with van der Waals surface area (Å²) >= 11 is 0. The van der Waals surface area contributed by atoms with E-state index in [0.717, 1.165) is 5.92 Å². The van der Waals surface area contributed by atoms with Crippen LogP contribution >= 0.6 is 0 Å². The zero-order valence-corrected chi connectivity index (χ0v) is 7.98. The quantitative estimate of drug-likeness (QED) is 0.576. The van der Waals surface area contributed by atoms with Gasteiger partial charge < -0.3 is 0 Å². The first kappa shape index (κ1) is 10.2. The molecule has 1 aliphatic carbocycles. The van der Waals surface area contributed by atoms with Crippen molar-refractivity contribution in [1.29, 1.82) is 0 Å². The normalized spacial score (nSPS) is 14.8. The number of benzene rings is 1. The molecule has 72 valence electrons. The highest BCUT2D eigenvalue weighted by molar-refractivity contribution is 5.17. The molecule has 1 fully saturated rings. The van der Waals surface area contributed by atoms with E-state index in [1.54, 1.807) is 0 Å². The summed E-state index contributed by atoms with van der Waals surface area (Å²) in [6, 6.07) is 3.81. The SMILES string of the molecule is CC1CC1.Cc1c(F)cccc1F. The fourth-order valence-corrected chi connectivity index (χ4v) is 0.748. The minimum atomic E-state index is -0.491. The van der Waals surface area contributed by atoms with Gasteiger partial charge >= 0.3 is 0 Å². The lowest BCUT2D eigenvalue weighted by Crippen LogP contribution is -1.85. The maximum absolute atomic E-state index is 12.3. The van der Waals surface area contributed by atoms with Crippen LogP contribution in [-0.2, 0) is 0 Å². The minimum absolute atomic E-state index is 0.0810. The zero-order valence-electron chi connectivity index (χ0n) is 7.98. The summed E-state index contributed by atoms with van der Waals surface area (Å²) in [6.45, 7) is 3.69. The molecular formula is C11H14F2.